The summed E-state index contributed by atoms with van der Waals surface area (Å²) in [4.78, 5) is 13.8. The molecule has 0 unspecified atom stereocenters. The average Bonchev–Trinajstić information content (AvgIpc) is 2.64. The first-order valence-electron chi connectivity index (χ1n) is 8.68. The number of hydrogen-bond acceptors (Lipinski definition) is 3. The molecule has 0 aromatic heterocycles. The number of carbonyl (C=O) groups excluding carboxylic acids is 1. The summed E-state index contributed by atoms with van der Waals surface area (Å²) in [5.41, 5.74) is 2.43. The lowest BCUT2D eigenvalue weighted by atomic mass is 9.93. The maximum Gasteiger partial charge on any atom is 0.137 e. The monoisotopic (exact) mass is 323 g/mol. The molecule has 3 heteroatoms. The topological polar surface area (TPSA) is 29.5 Å². The number of ether oxygens (including phenoxy) is 1. The van der Waals surface area contributed by atoms with E-state index in [0.717, 1.165) is 25.7 Å². The van der Waals surface area contributed by atoms with E-state index in [1.54, 1.807) is 0 Å². The van der Waals surface area contributed by atoms with Crippen LogP contribution in [-0.2, 0) is 22.7 Å². The molecule has 0 spiro atoms. The molecule has 126 valence electrons. The molecule has 2 aromatic rings. The van der Waals surface area contributed by atoms with Gasteiger partial charge in [0.25, 0.3) is 0 Å². The number of carbonyl (C=O) groups is 1. The van der Waals surface area contributed by atoms with Gasteiger partial charge in [0.15, 0.2) is 0 Å². The highest BCUT2D eigenvalue weighted by Crippen LogP contribution is 2.27. The summed E-state index contributed by atoms with van der Waals surface area (Å²) in [6, 6.07) is 20.8. The highest BCUT2D eigenvalue weighted by molar-refractivity contribution is 5.58. The molecule has 1 saturated heterocycles. The van der Waals surface area contributed by atoms with Crippen molar-refractivity contribution in [3.05, 3.63) is 71.8 Å². The van der Waals surface area contributed by atoms with Crippen molar-refractivity contribution in [1.82, 2.24) is 4.90 Å². The van der Waals surface area contributed by atoms with Crippen LogP contribution >= 0.6 is 0 Å². The zero-order valence-electron chi connectivity index (χ0n) is 14.2. The van der Waals surface area contributed by atoms with Crippen LogP contribution in [-0.4, -0.2) is 29.4 Å². The van der Waals surface area contributed by atoms with Gasteiger partial charge in [0.1, 0.15) is 6.29 Å². The third kappa shape index (κ3) is 4.11. The van der Waals surface area contributed by atoms with Crippen LogP contribution in [0.4, 0.5) is 0 Å². The van der Waals surface area contributed by atoms with Gasteiger partial charge in [0.05, 0.1) is 18.8 Å². The Labute approximate surface area is 144 Å². The van der Waals surface area contributed by atoms with E-state index in [2.05, 4.69) is 36.1 Å². The Kier molecular flexibility index (Phi) is 5.78. The van der Waals surface area contributed by atoms with Crippen molar-refractivity contribution in [3.8, 4) is 0 Å². The van der Waals surface area contributed by atoms with E-state index in [1.165, 1.54) is 11.1 Å². The second-order valence-electron chi connectivity index (χ2n) is 6.51. The van der Waals surface area contributed by atoms with Crippen molar-refractivity contribution >= 4 is 6.29 Å². The van der Waals surface area contributed by atoms with Gasteiger partial charge in [-0.25, -0.2) is 0 Å². The first-order valence-corrected chi connectivity index (χ1v) is 8.68. The smallest absolute Gasteiger partial charge is 0.137 e. The van der Waals surface area contributed by atoms with Crippen molar-refractivity contribution in [2.75, 3.05) is 0 Å². The maximum atomic E-state index is 11.5. The Balaban J connectivity index is 1.66. The molecular weight excluding hydrogens is 298 g/mol. The summed E-state index contributed by atoms with van der Waals surface area (Å²) in [6.45, 7) is 3.59. The Hall–Kier alpha value is -1.97. The van der Waals surface area contributed by atoms with Crippen LogP contribution in [0.5, 0.6) is 0 Å². The first-order chi connectivity index (χ1) is 11.8. The lowest BCUT2D eigenvalue weighted by Gasteiger charge is -2.42. The Morgan fingerprint density at radius 2 is 1.62 bits per heavy atom. The Morgan fingerprint density at radius 3 is 2.25 bits per heavy atom. The molecule has 1 aliphatic heterocycles. The van der Waals surface area contributed by atoms with Crippen molar-refractivity contribution < 1.29 is 9.53 Å². The summed E-state index contributed by atoms with van der Waals surface area (Å²) in [5, 5.41) is 0. The Morgan fingerprint density at radius 1 is 1.00 bits per heavy atom. The summed E-state index contributed by atoms with van der Waals surface area (Å²) >= 11 is 0. The van der Waals surface area contributed by atoms with E-state index >= 15 is 0 Å². The molecule has 3 rings (SSSR count). The number of hydrogen-bond donors (Lipinski definition) is 0. The maximum absolute atomic E-state index is 11.5. The van der Waals surface area contributed by atoms with Crippen molar-refractivity contribution in [1.29, 1.82) is 0 Å². The fraction of sp³-hybridized carbons (Fsp3) is 0.381. The third-order valence-electron chi connectivity index (χ3n) is 4.91. The van der Waals surface area contributed by atoms with E-state index in [-0.39, 0.29) is 18.2 Å². The third-order valence-corrected chi connectivity index (χ3v) is 4.91. The molecular formula is C21H25NO2. The van der Waals surface area contributed by atoms with E-state index in [1.807, 2.05) is 36.4 Å². The number of rotatable bonds is 6. The molecule has 1 heterocycles. The highest BCUT2D eigenvalue weighted by Gasteiger charge is 2.34. The lowest BCUT2D eigenvalue weighted by molar-refractivity contribution is -0.121. The van der Waals surface area contributed by atoms with Crippen LogP contribution in [0.15, 0.2) is 60.7 Å². The van der Waals surface area contributed by atoms with Gasteiger partial charge in [0.2, 0.25) is 0 Å². The SMILES string of the molecule is C[C@H]1[C@@H](OCc2ccccc2)CC[C@H](C=O)N1Cc1ccccc1. The lowest BCUT2D eigenvalue weighted by Crippen LogP contribution is -2.52. The van der Waals surface area contributed by atoms with Gasteiger partial charge in [-0.3, -0.25) is 4.90 Å². The predicted molar refractivity (Wildman–Crippen MR) is 95.6 cm³/mol. The Bertz CT molecular complexity index is 629. The molecule has 3 atom stereocenters. The summed E-state index contributed by atoms with van der Waals surface area (Å²) in [5.74, 6) is 0. The molecule has 3 nitrogen and oxygen atoms in total. The minimum Gasteiger partial charge on any atom is -0.372 e. The molecule has 0 N–H and O–H groups in total. The molecule has 24 heavy (non-hydrogen) atoms. The quantitative estimate of drug-likeness (QED) is 0.757. The van der Waals surface area contributed by atoms with Crippen LogP contribution in [0.3, 0.4) is 0 Å². The van der Waals surface area contributed by atoms with Gasteiger partial charge in [-0.2, -0.15) is 0 Å². The van der Waals surface area contributed by atoms with Crippen LogP contribution in [0.25, 0.3) is 0 Å². The minimum atomic E-state index is -0.0169. The van der Waals surface area contributed by atoms with Gasteiger partial charge in [0, 0.05) is 12.6 Å². The number of piperidine rings is 1. The molecule has 1 aliphatic rings. The van der Waals surface area contributed by atoms with E-state index in [0.29, 0.717) is 6.61 Å². The zero-order valence-corrected chi connectivity index (χ0v) is 14.2. The first kappa shape index (κ1) is 16.9. The molecule has 1 fully saturated rings. The van der Waals surface area contributed by atoms with Crippen LogP contribution < -0.4 is 0 Å². The van der Waals surface area contributed by atoms with Crippen molar-refractivity contribution in [3.63, 3.8) is 0 Å². The molecule has 0 amide bonds. The normalized spacial score (nSPS) is 24.6. The van der Waals surface area contributed by atoms with E-state index in [9.17, 15) is 4.79 Å². The molecule has 0 saturated carbocycles. The van der Waals surface area contributed by atoms with Gasteiger partial charge < -0.3 is 9.53 Å². The molecule has 0 radical (unpaired) electrons. The standard InChI is InChI=1S/C21H25NO2/c1-17-21(24-16-19-10-6-3-7-11-19)13-12-20(15-23)22(17)14-18-8-4-2-5-9-18/h2-11,15,17,20-21H,12-14,16H2,1H3/t17-,20+,21-/m0/s1. The molecule has 2 aromatic carbocycles. The van der Waals surface area contributed by atoms with Gasteiger partial charge in [-0.1, -0.05) is 60.7 Å². The second kappa shape index (κ2) is 8.22. The predicted octanol–water partition coefficient (Wildman–Crippen LogP) is 3.82. The van der Waals surface area contributed by atoms with Gasteiger partial charge in [-0.05, 0) is 30.9 Å². The zero-order chi connectivity index (χ0) is 16.8. The van der Waals surface area contributed by atoms with Crippen LogP contribution in [0, 0.1) is 0 Å². The minimum absolute atomic E-state index is 0.0169. The number of benzene rings is 2. The fourth-order valence-electron chi connectivity index (χ4n) is 3.46. The van der Waals surface area contributed by atoms with Crippen LogP contribution in [0.2, 0.25) is 0 Å². The van der Waals surface area contributed by atoms with E-state index < -0.39 is 0 Å². The number of aldehydes is 1. The second-order valence-corrected chi connectivity index (χ2v) is 6.51. The van der Waals surface area contributed by atoms with Gasteiger partial charge in [-0.15, -0.1) is 0 Å². The number of nitrogens with zero attached hydrogens (tertiary/aromatic N) is 1. The summed E-state index contributed by atoms with van der Waals surface area (Å²) < 4.78 is 6.18. The molecule has 0 aliphatic carbocycles. The summed E-state index contributed by atoms with van der Waals surface area (Å²) in [6.07, 6.45) is 3.04. The van der Waals surface area contributed by atoms with Crippen LogP contribution in [0.1, 0.15) is 30.9 Å². The average molecular weight is 323 g/mol. The van der Waals surface area contributed by atoms with E-state index in [4.69, 9.17) is 4.74 Å². The van der Waals surface area contributed by atoms with Crippen molar-refractivity contribution in [2.24, 2.45) is 0 Å². The fourth-order valence-corrected chi connectivity index (χ4v) is 3.46. The molecule has 0 bridgehead atoms. The number of likely N-dealkylation sites (tertiary alicyclic amines) is 1. The van der Waals surface area contributed by atoms with Gasteiger partial charge >= 0.3 is 0 Å². The largest absolute Gasteiger partial charge is 0.372 e. The van der Waals surface area contributed by atoms with Crippen molar-refractivity contribution in [2.45, 2.75) is 51.1 Å². The summed E-state index contributed by atoms with van der Waals surface area (Å²) in [7, 11) is 0. The highest BCUT2D eigenvalue weighted by atomic mass is 16.5.